The van der Waals surface area contributed by atoms with Crippen molar-refractivity contribution >= 4 is 0 Å². The first-order valence-corrected chi connectivity index (χ1v) is 6.29. The molecule has 0 aliphatic rings. The van der Waals surface area contributed by atoms with E-state index < -0.39 is 0 Å². The van der Waals surface area contributed by atoms with Crippen molar-refractivity contribution in [1.82, 2.24) is 10.3 Å². The third-order valence-electron chi connectivity index (χ3n) is 3.39. The molecule has 2 aromatic rings. The van der Waals surface area contributed by atoms with Gasteiger partial charge in [-0.1, -0.05) is 29.8 Å². The molecule has 0 saturated heterocycles. The average molecular weight is 240 g/mol. The number of rotatable bonds is 3. The van der Waals surface area contributed by atoms with E-state index in [-0.39, 0.29) is 6.04 Å². The van der Waals surface area contributed by atoms with E-state index in [1.807, 2.05) is 19.3 Å². The molecule has 18 heavy (non-hydrogen) atoms. The first-order chi connectivity index (χ1) is 8.63. The molecule has 0 saturated carbocycles. The van der Waals surface area contributed by atoms with Gasteiger partial charge in [0.1, 0.15) is 0 Å². The minimum absolute atomic E-state index is 0.207. The van der Waals surface area contributed by atoms with Crippen molar-refractivity contribution in [2.75, 3.05) is 7.05 Å². The van der Waals surface area contributed by atoms with Gasteiger partial charge in [0, 0.05) is 11.9 Å². The Labute approximate surface area is 109 Å². The standard InChI is InChI=1S/C16H20N2/c1-11-7-8-12(2)15(10-11)16(17-4)14-6-5-9-18-13(14)3/h5-10,16-17H,1-4H3. The van der Waals surface area contributed by atoms with E-state index in [0.29, 0.717) is 0 Å². The van der Waals surface area contributed by atoms with Crippen LogP contribution in [0.25, 0.3) is 0 Å². The van der Waals surface area contributed by atoms with Gasteiger partial charge in [0.15, 0.2) is 0 Å². The van der Waals surface area contributed by atoms with Gasteiger partial charge >= 0.3 is 0 Å². The number of nitrogens with zero attached hydrogens (tertiary/aromatic N) is 1. The molecule has 0 bridgehead atoms. The minimum Gasteiger partial charge on any atom is -0.309 e. The molecule has 0 aliphatic carbocycles. The summed E-state index contributed by atoms with van der Waals surface area (Å²) < 4.78 is 0. The number of nitrogens with one attached hydrogen (secondary N) is 1. The Balaban J connectivity index is 2.52. The van der Waals surface area contributed by atoms with E-state index in [0.717, 1.165) is 5.69 Å². The predicted octanol–water partition coefficient (Wildman–Crippen LogP) is 3.32. The van der Waals surface area contributed by atoms with Crippen LogP contribution < -0.4 is 5.32 Å². The van der Waals surface area contributed by atoms with Crippen molar-refractivity contribution < 1.29 is 0 Å². The number of benzene rings is 1. The van der Waals surface area contributed by atoms with Crippen molar-refractivity contribution in [3.8, 4) is 0 Å². The van der Waals surface area contributed by atoms with Gasteiger partial charge in [-0.25, -0.2) is 0 Å². The van der Waals surface area contributed by atoms with Crippen LogP contribution in [0.4, 0.5) is 0 Å². The smallest absolute Gasteiger partial charge is 0.0594 e. The maximum atomic E-state index is 4.39. The molecule has 0 spiro atoms. The van der Waals surface area contributed by atoms with Crippen molar-refractivity contribution in [3.63, 3.8) is 0 Å². The monoisotopic (exact) mass is 240 g/mol. The highest BCUT2D eigenvalue weighted by atomic mass is 14.9. The first kappa shape index (κ1) is 12.8. The van der Waals surface area contributed by atoms with Gasteiger partial charge in [-0.3, -0.25) is 4.98 Å². The van der Waals surface area contributed by atoms with Crippen LogP contribution in [-0.2, 0) is 0 Å². The van der Waals surface area contributed by atoms with Crippen LogP contribution in [0.15, 0.2) is 36.5 Å². The Morgan fingerprint density at radius 3 is 2.50 bits per heavy atom. The lowest BCUT2D eigenvalue weighted by molar-refractivity contribution is 0.678. The lowest BCUT2D eigenvalue weighted by Gasteiger charge is -2.21. The Morgan fingerprint density at radius 1 is 1.06 bits per heavy atom. The van der Waals surface area contributed by atoms with Crippen LogP contribution in [0.2, 0.25) is 0 Å². The molecule has 94 valence electrons. The number of hydrogen-bond donors (Lipinski definition) is 1. The van der Waals surface area contributed by atoms with E-state index in [1.54, 1.807) is 0 Å². The Bertz CT molecular complexity index is 547. The summed E-state index contributed by atoms with van der Waals surface area (Å²) in [4.78, 5) is 4.39. The fourth-order valence-electron chi connectivity index (χ4n) is 2.35. The summed E-state index contributed by atoms with van der Waals surface area (Å²) in [5, 5.41) is 3.40. The SMILES string of the molecule is CNC(c1cc(C)ccc1C)c1cccnc1C. The minimum atomic E-state index is 0.207. The van der Waals surface area contributed by atoms with Crippen molar-refractivity contribution in [3.05, 3.63) is 64.5 Å². The lowest BCUT2D eigenvalue weighted by Crippen LogP contribution is -2.20. The van der Waals surface area contributed by atoms with Crippen molar-refractivity contribution in [2.24, 2.45) is 0 Å². The van der Waals surface area contributed by atoms with E-state index >= 15 is 0 Å². The second-order valence-electron chi connectivity index (χ2n) is 4.76. The van der Waals surface area contributed by atoms with Gasteiger partial charge in [-0.15, -0.1) is 0 Å². The molecule has 0 fully saturated rings. The zero-order valence-corrected chi connectivity index (χ0v) is 11.5. The Kier molecular flexibility index (Phi) is 3.78. The summed E-state index contributed by atoms with van der Waals surface area (Å²) in [6.07, 6.45) is 1.84. The van der Waals surface area contributed by atoms with Crippen LogP contribution >= 0.6 is 0 Å². The molecule has 1 atom stereocenters. The van der Waals surface area contributed by atoms with E-state index in [1.165, 1.54) is 22.3 Å². The molecule has 0 aliphatic heterocycles. The van der Waals surface area contributed by atoms with Crippen LogP contribution in [0.3, 0.4) is 0 Å². The molecular formula is C16H20N2. The van der Waals surface area contributed by atoms with Crippen molar-refractivity contribution in [1.29, 1.82) is 0 Å². The van der Waals surface area contributed by atoms with Gasteiger partial charge in [0.25, 0.3) is 0 Å². The predicted molar refractivity (Wildman–Crippen MR) is 75.8 cm³/mol. The van der Waals surface area contributed by atoms with Crippen LogP contribution in [0.5, 0.6) is 0 Å². The molecule has 1 aromatic carbocycles. The molecule has 2 nitrogen and oxygen atoms in total. The summed E-state index contributed by atoms with van der Waals surface area (Å²) in [6.45, 7) is 6.35. The third kappa shape index (κ3) is 2.44. The summed E-state index contributed by atoms with van der Waals surface area (Å²) in [7, 11) is 2.00. The highest BCUT2D eigenvalue weighted by molar-refractivity contribution is 5.40. The largest absolute Gasteiger partial charge is 0.309 e. The summed E-state index contributed by atoms with van der Waals surface area (Å²) in [5.41, 5.74) is 6.25. The van der Waals surface area contributed by atoms with Crippen LogP contribution in [0.1, 0.15) is 34.0 Å². The number of aromatic nitrogens is 1. The van der Waals surface area contributed by atoms with Crippen LogP contribution in [0, 0.1) is 20.8 Å². The van der Waals surface area contributed by atoms with Gasteiger partial charge < -0.3 is 5.32 Å². The zero-order chi connectivity index (χ0) is 13.1. The molecule has 1 aromatic heterocycles. The van der Waals surface area contributed by atoms with Gasteiger partial charge in [-0.2, -0.15) is 0 Å². The third-order valence-corrected chi connectivity index (χ3v) is 3.39. The topological polar surface area (TPSA) is 24.9 Å². The molecule has 0 radical (unpaired) electrons. The number of pyridine rings is 1. The fourth-order valence-corrected chi connectivity index (χ4v) is 2.35. The normalized spacial score (nSPS) is 12.4. The molecule has 0 amide bonds. The fraction of sp³-hybridized carbons (Fsp3) is 0.312. The van der Waals surface area contributed by atoms with E-state index in [4.69, 9.17) is 0 Å². The summed E-state index contributed by atoms with van der Waals surface area (Å²) >= 11 is 0. The highest BCUT2D eigenvalue weighted by Crippen LogP contribution is 2.26. The molecular weight excluding hydrogens is 220 g/mol. The Morgan fingerprint density at radius 2 is 1.83 bits per heavy atom. The lowest BCUT2D eigenvalue weighted by atomic mass is 9.93. The quantitative estimate of drug-likeness (QED) is 0.890. The molecule has 2 heteroatoms. The number of aryl methyl sites for hydroxylation is 3. The van der Waals surface area contributed by atoms with E-state index in [9.17, 15) is 0 Å². The molecule has 1 N–H and O–H groups in total. The average Bonchev–Trinajstić information content (AvgIpc) is 2.36. The molecule has 2 rings (SSSR count). The summed E-state index contributed by atoms with van der Waals surface area (Å²) in [6, 6.07) is 10.9. The summed E-state index contributed by atoms with van der Waals surface area (Å²) in [5.74, 6) is 0. The number of hydrogen-bond acceptors (Lipinski definition) is 2. The second-order valence-corrected chi connectivity index (χ2v) is 4.76. The zero-order valence-electron chi connectivity index (χ0n) is 11.5. The molecule has 1 unspecified atom stereocenters. The van der Waals surface area contributed by atoms with Gasteiger partial charge in [0.05, 0.1) is 6.04 Å². The maximum absolute atomic E-state index is 4.39. The molecule has 1 heterocycles. The first-order valence-electron chi connectivity index (χ1n) is 6.29. The van der Waals surface area contributed by atoms with Crippen LogP contribution in [-0.4, -0.2) is 12.0 Å². The second kappa shape index (κ2) is 5.32. The van der Waals surface area contributed by atoms with E-state index in [2.05, 4.69) is 55.3 Å². The van der Waals surface area contributed by atoms with Crippen molar-refractivity contribution in [2.45, 2.75) is 26.8 Å². The maximum Gasteiger partial charge on any atom is 0.0594 e. The Hall–Kier alpha value is -1.67. The van der Waals surface area contributed by atoms with Gasteiger partial charge in [-0.05, 0) is 50.6 Å². The highest BCUT2D eigenvalue weighted by Gasteiger charge is 2.16. The van der Waals surface area contributed by atoms with Gasteiger partial charge in [0.2, 0.25) is 0 Å².